The van der Waals surface area contributed by atoms with Crippen molar-refractivity contribution in [3.63, 3.8) is 0 Å². The Balaban J connectivity index is 0.000000956. The molecular formula is C22H21F4N3O9S. The number of nitrogens with one attached hydrogen (secondary N) is 2. The molecule has 0 fully saturated rings. The Labute approximate surface area is 220 Å². The van der Waals surface area contributed by atoms with Crippen molar-refractivity contribution in [2.24, 2.45) is 5.73 Å². The molecule has 0 radical (unpaired) electrons. The van der Waals surface area contributed by atoms with Crippen LogP contribution in [-0.2, 0) is 25.6 Å². The number of rotatable bonds is 11. The lowest BCUT2D eigenvalue weighted by molar-refractivity contribution is -0.192. The van der Waals surface area contributed by atoms with E-state index in [9.17, 15) is 36.7 Å². The van der Waals surface area contributed by atoms with Gasteiger partial charge in [-0.3, -0.25) is 15.0 Å². The first kappa shape index (κ1) is 32.5. The summed E-state index contributed by atoms with van der Waals surface area (Å²) in [7, 11) is 0. The molecule has 0 aliphatic carbocycles. The summed E-state index contributed by atoms with van der Waals surface area (Å²) in [6.45, 7) is 0. The number of aryl methyl sites for hydroxylation is 1. The summed E-state index contributed by atoms with van der Waals surface area (Å²) < 4.78 is 50.8. The van der Waals surface area contributed by atoms with Crippen molar-refractivity contribution in [2.75, 3.05) is 0 Å². The molecule has 0 aliphatic rings. The normalized spacial score (nSPS) is 11.4. The predicted molar refractivity (Wildman–Crippen MR) is 125 cm³/mol. The van der Waals surface area contributed by atoms with E-state index >= 15 is 0 Å². The van der Waals surface area contributed by atoms with Gasteiger partial charge in [-0.1, -0.05) is 0 Å². The lowest BCUT2D eigenvalue weighted by Crippen LogP contribution is -2.41. The van der Waals surface area contributed by atoms with Crippen LogP contribution in [0.3, 0.4) is 0 Å². The van der Waals surface area contributed by atoms with E-state index in [-0.39, 0.29) is 41.3 Å². The Kier molecular flexibility index (Phi) is 12.0. The SMILES string of the molecule is N=C(N)c1ccc(OC(=O)c2ccc(CCC(=O)N[C@@H](CCC(=O)O)C(=O)O)s2)c(F)c1.O=C(O)C(F)(F)F. The quantitative estimate of drug-likeness (QED) is 0.0751. The van der Waals surface area contributed by atoms with Crippen LogP contribution in [0, 0.1) is 11.2 Å². The summed E-state index contributed by atoms with van der Waals surface area (Å²) in [5.74, 6) is -8.14. The average molecular weight is 579 g/mol. The van der Waals surface area contributed by atoms with Crippen LogP contribution in [0.2, 0.25) is 0 Å². The van der Waals surface area contributed by atoms with E-state index in [1.807, 2.05) is 0 Å². The van der Waals surface area contributed by atoms with Gasteiger partial charge < -0.3 is 31.1 Å². The van der Waals surface area contributed by atoms with Gasteiger partial charge in [0.05, 0.1) is 0 Å². The lowest BCUT2D eigenvalue weighted by atomic mass is 10.1. The number of carbonyl (C=O) groups excluding carboxylic acids is 2. The van der Waals surface area contributed by atoms with E-state index in [4.69, 9.17) is 36.0 Å². The fourth-order valence-corrected chi connectivity index (χ4v) is 3.44. The molecule has 17 heteroatoms. The van der Waals surface area contributed by atoms with Crippen LogP contribution in [0.1, 0.15) is 39.4 Å². The van der Waals surface area contributed by atoms with E-state index in [1.165, 1.54) is 18.2 Å². The summed E-state index contributed by atoms with van der Waals surface area (Å²) in [5.41, 5.74) is 5.42. The van der Waals surface area contributed by atoms with Crippen LogP contribution in [0.5, 0.6) is 5.75 Å². The number of nitrogens with two attached hydrogens (primary N) is 1. The number of thiophene rings is 1. The van der Waals surface area contributed by atoms with E-state index in [0.29, 0.717) is 4.88 Å². The van der Waals surface area contributed by atoms with Crippen molar-refractivity contribution >= 4 is 47.0 Å². The molecule has 0 bridgehead atoms. The zero-order valence-corrected chi connectivity index (χ0v) is 20.4. The van der Waals surface area contributed by atoms with Gasteiger partial charge in [0.25, 0.3) is 0 Å². The number of alkyl halides is 3. The minimum Gasteiger partial charge on any atom is -0.481 e. The van der Waals surface area contributed by atoms with Crippen LogP contribution >= 0.6 is 11.3 Å². The van der Waals surface area contributed by atoms with E-state index in [1.54, 1.807) is 6.07 Å². The number of amidine groups is 1. The Bertz CT molecular complexity index is 1250. The van der Waals surface area contributed by atoms with Gasteiger partial charge in [0.15, 0.2) is 11.6 Å². The molecular weight excluding hydrogens is 558 g/mol. The standard InChI is InChI=1S/C20H20FN3O7S.C2HF3O2/c21-12-9-10(18(22)23)1-5-14(12)31-20(30)15-6-2-11(32-15)3-7-16(25)24-13(19(28)29)4-8-17(26)27;3-2(4,5)1(6)7/h1-2,5-6,9,13H,3-4,7-8H2,(H3,22,23)(H,24,25)(H,26,27)(H,28,29);(H,6,7)/t13-;/m0./s1. The van der Waals surface area contributed by atoms with Gasteiger partial charge in [-0.05, 0) is 43.2 Å². The molecule has 1 heterocycles. The lowest BCUT2D eigenvalue weighted by Gasteiger charge is -2.13. The number of nitrogen functional groups attached to an aromatic ring is 1. The molecule has 39 heavy (non-hydrogen) atoms. The van der Waals surface area contributed by atoms with E-state index < -0.39 is 54.2 Å². The van der Waals surface area contributed by atoms with Crippen molar-refractivity contribution in [2.45, 2.75) is 37.9 Å². The number of hydrogen-bond donors (Lipinski definition) is 6. The molecule has 0 unspecified atom stereocenters. The van der Waals surface area contributed by atoms with Gasteiger partial charge in [0, 0.05) is 23.3 Å². The largest absolute Gasteiger partial charge is 0.490 e. The molecule has 1 amide bonds. The van der Waals surface area contributed by atoms with Gasteiger partial charge >= 0.3 is 30.1 Å². The van der Waals surface area contributed by atoms with Crippen molar-refractivity contribution in [1.82, 2.24) is 5.32 Å². The minimum absolute atomic E-state index is 0.0764. The summed E-state index contributed by atoms with van der Waals surface area (Å²) in [6, 6.07) is 5.23. The molecule has 2 rings (SSSR count). The smallest absolute Gasteiger partial charge is 0.481 e. The molecule has 212 valence electrons. The van der Waals surface area contributed by atoms with Gasteiger partial charge in [-0.2, -0.15) is 13.2 Å². The maximum absolute atomic E-state index is 14.0. The molecule has 2 aromatic rings. The fourth-order valence-electron chi connectivity index (χ4n) is 2.55. The fraction of sp³-hybridized carbons (Fsp3) is 0.273. The third kappa shape index (κ3) is 11.6. The second-order valence-electron chi connectivity index (χ2n) is 7.41. The van der Waals surface area contributed by atoms with Gasteiger partial charge in [-0.15, -0.1) is 11.3 Å². The van der Waals surface area contributed by atoms with E-state index in [0.717, 1.165) is 17.4 Å². The Hall–Kier alpha value is -4.54. The Morgan fingerprint density at radius 1 is 1.05 bits per heavy atom. The first-order valence-electron chi connectivity index (χ1n) is 10.5. The maximum Gasteiger partial charge on any atom is 0.490 e. The minimum atomic E-state index is -5.08. The number of amides is 1. The first-order valence-corrected chi connectivity index (χ1v) is 11.3. The highest BCUT2D eigenvalue weighted by Gasteiger charge is 2.38. The number of aliphatic carboxylic acids is 3. The van der Waals surface area contributed by atoms with Crippen molar-refractivity contribution < 1.29 is 61.6 Å². The zero-order chi connectivity index (χ0) is 29.9. The number of carboxylic acid groups (broad SMARTS) is 3. The Morgan fingerprint density at radius 3 is 2.15 bits per heavy atom. The highest BCUT2D eigenvalue weighted by atomic mass is 32.1. The maximum atomic E-state index is 14.0. The number of esters is 1. The van der Waals surface area contributed by atoms with Gasteiger partial charge in [0.2, 0.25) is 5.91 Å². The third-order valence-electron chi connectivity index (χ3n) is 4.43. The molecule has 0 spiro atoms. The van der Waals surface area contributed by atoms with Crippen LogP contribution in [0.15, 0.2) is 30.3 Å². The van der Waals surface area contributed by atoms with Gasteiger partial charge in [0.1, 0.15) is 16.8 Å². The summed E-state index contributed by atoms with van der Waals surface area (Å²) in [5, 5.41) is 34.4. The molecule has 0 aliphatic heterocycles. The average Bonchev–Trinajstić information content (AvgIpc) is 3.30. The van der Waals surface area contributed by atoms with Crippen LogP contribution in [-0.4, -0.2) is 63.2 Å². The molecule has 1 aromatic carbocycles. The number of hydrogen-bond acceptors (Lipinski definition) is 8. The highest BCUT2D eigenvalue weighted by Crippen LogP contribution is 2.23. The van der Waals surface area contributed by atoms with Crippen LogP contribution in [0.25, 0.3) is 0 Å². The number of halogens is 4. The highest BCUT2D eigenvalue weighted by molar-refractivity contribution is 7.13. The second kappa shape index (κ2) is 14.4. The predicted octanol–water partition coefficient (Wildman–Crippen LogP) is 2.39. The number of carboxylic acids is 3. The topological polar surface area (TPSA) is 217 Å². The van der Waals surface area contributed by atoms with Crippen LogP contribution in [0.4, 0.5) is 17.6 Å². The molecule has 7 N–H and O–H groups in total. The first-order chi connectivity index (χ1) is 18.0. The van der Waals surface area contributed by atoms with Crippen molar-refractivity contribution in [3.05, 3.63) is 51.5 Å². The number of carbonyl (C=O) groups is 5. The van der Waals surface area contributed by atoms with Gasteiger partial charge in [-0.25, -0.2) is 18.8 Å². The third-order valence-corrected chi connectivity index (χ3v) is 5.55. The molecule has 1 aromatic heterocycles. The van der Waals surface area contributed by atoms with Crippen LogP contribution < -0.4 is 15.8 Å². The summed E-state index contributed by atoms with van der Waals surface area (Å²) >= 11 is 1.03. The van der Waals surface area contributed by atoms with Crippen molar-refractivity contribution in [1.29, 1.82) is 5.41 Å². The monoisotopic (exact) mass is 579 g/mol. The summed E-state index contributed by atoms with van der Waals surface area (Å²) in [4.78, 5) is 55.6. The Morgan fingerprint density at radius 2 is 1.67 bits per heavy atom. The number of ether oxygens (including phenoxy) is 1. The molecule has 12 nitrogen and oxygen atoms in total. The molecule has 0 saturated heterocycles. The zero-order valence-electron chi connectivity index (χ0n) is 19.6. The van der Waals surface area contributed by atoms with Crippen molar-refractivity contribution in [3.8, 4) is 5.75 Å². The molecule has 1 atom stereocenters. The van der Waals surface area contributed by atoms with E-state index in [2.05, 4.69) is 5.32 Å². The second-order valence-corrected chi connectivity index (χ2v) is 8.58. The molecule has 0 saturated carbocycles. The number of benzene rings is 1. The summed E-state index contributed by atoms with van der Waals surface area (Å²) in [6.07, 6.45) is -5.59.